The number of carbonyl (C=O) groups is 1. The molecule has 0 unspecified atom stereocenters. The highest BCUT2D eigenvalue weighted by Crippen LogP contribution is 2.18. The van der Waals surface area contributed by atoms with Crippen LogP contribution in [0.2, 0.25) is 0 Å². The minimum Gasteiger partial charge on any atom is -0.466 e. The number of esters is 1. The molecule has 9 heteroatoms. The van der Waals surface area contributed by atoms with Gasteiger partial charge < -0.3 is 4.74 Å². The Hall–Kier alpha value is -2.26. The molecule has 0 saturated carbocycles. The zero-order valence-corrected chi connectivity index (χ0v) is 14.8. The summed E-state index contributed by atoms with van der Waals surface area (Å²) in [6.45, 7) is 3.74. The van der Waals surface area contributed by atoms with Gasteiger partial charge in [-0.25, -0.2) is 22.2 Å². The predicted molar refractivity (Wildman–Crippen MR) is 89.3 cm³/mol. The number of carbonyl (C=O) groups excluding carboxylic acids is 1. The van der Waals surface area contributed by atoms with E-state index in [1.807, 2.05) is 0 Å². The SMILES string of the molecule is CCOC(=O)CCCNS(=O)(=O)c1cnn(-c2ccc(F)cc2)c1C. The molecule has 0 saturated heterocycles. The maximum atomic E-state index is 13.0. The summed E-state index contributed by atoms with van der Waals surface area (Å²) < 4.78 is 46.4. The lowest BCUT2D eigenvalue weighted by molar-refractivity contribution is -0.143. The van der Waals surface area contributed by atoms with Crippen LogP contribution in [0.1, 0.15) is 25.5 Å². The molecule has 0 fully saturated rings. The first-order chi connectivity index (χ1) is 11.8. The lowest BCUT2D eigenvalue weighted by Crippen LogP contribution is -2.25. The third-order valence-electron chi connectivity index (χ3n) is 3.48. The molecule has 7 nitrogen and oxygen atoms in total. The Balaban J connectivity index is 2.05. The van der Waals surface area contributed by atoms with Gasteiger partial charge in [-0.3, -0.25) is 4.79 Å². The molecular weight excluding hydrogens is 349 g/mol. The fourth-order valence-electron chi connectivity index (χ4n) is 2.25. The number of rotatable bonds is 8. The van der Waals surface area contributed by atoms with E-state index in [1.165, 1.54) is 35.1 Å². The van der Waals surface area contributed by atoms with Gasteiger partial charge in [0, 0.05) is 13.0 Å². The highest BCUT2D eigenvalue weighted by molar-refractivity contribution is 7.89. The van der Waals surface area contributed by atoms with Crippen LogP contribution < -0.4 is 4.72 Å². The minimum absolute atomic E-state index is 0.0351. The van der Waals surface area contributed by atoms with Gasteiger partial charge >= 0.3 is 5.97 Å². The fraction of sp³-hybridized carbons (Fsp3) is 0.375. The summed E-state index contributed by atoms with van der Waals surface area (Å²) >= 11 is 0. The van der Waals surface area contributed by atoms with Crippen molar-refractivity contribution in [1.29, 1.82) is 0 Å². The predicted octanol–water partition coefficient (Wildman–Crippen LogP) is 1.94. The molecule has 25 heavy (non-hydrogen) atoms. The lowest BCUT2D eigenvalue weighted by Gasteiger charge is -2.08. The van der Waals surface area contributed by atoms with Crippen molar-refractivity contribution in [2.75, 3.05) is 13.2 Å². The number of hydrogen-bond donors (Lipinski definition) is 1. The molecule has 136 valence electrons. The van der Waals surface area contributed by atoms with Crippen LogP contribution in [0, 0.1) is 12.7 Å². The van der Waals surface area contributed by atoms with E-state index in [0.717, 1.165) is 0 Å². The molecule has 1 N–H and O–H groups in total. The number of aromatic nitrogens is 2. The molecule has 1 heterocycles. The normalized spacial score (nSPS) is 11.5. The maximum Gasteiger partial charge on any atom is 0.305 e. The summed E-state index contributed by atoms with van der Waals surface area (Å²) in [6.07, 6.45) is 1.72. The smallest absolute Gasteiger partial charge is 0.305 e. The number of hydrogen-bond acceptors (Lipinski definition) is 5. The van der Waals surface area contributed by atoms with Gasteiger partial charge in [-0.2, -0.15) is 5.10 Å². The summed E-state index contributed by atoms with van der Waals surface area (Å²) in [4.78, 5) is 11.3. The Labute approximate surface area is 145 Å². The average Bonchev–Trinajstić information content (AvgIpc) is 2.95. The Morgan fingerprint density at radius 1 is 1.32 bits per heavy atom. The zero-order valence-electron chi connectivity index (χ0n) is 14.0. The Morgan fingerprint density at radius 2 is 2.00 bits per heavy atom. The standard InChI is InChI=1S/C16H20FN3O4S/c1-3-24-16(21)5-4-10-19-25(22,23)15-11-18-20(12(15)2)14-8-6-13(17)7-9-14/h6-9,11,19H,3-5,10H2,1-2H3. The summed E-state index contributed by atoms with van der Waals surface area (Å²) in [5.41, 5.74) is 0.965. The van der Waals surface area contributed by atoms with Crippen molar-refractivity contribution < 1.29 is 22.3 Å². The number of nitrogens with zero attached hydrogens (tertiary/aromatic N) is 2. The topological polar surface area (TPSA) is 90.3 Å². The van der Waals surface area contributed by atoms with Crippen molar-refractivity contribution in [3.05, 3.63) is 42.0 Å². The molecule has 1 aromatic heterocycles. The summed E-state index contributed by atoms with van der Waals surface area (Å²) in [5, 5.41) is 4.06. The Kier molecular flexibility index (Phi) is 6.27. The van der Waals surface area contributed by atoms with E-state index in [0.29, 0.717) is 24.4 Å². The molecule has 0 aliphatic heterocycles. The zero-order chi connectivity index (χ0) is 18.4. The van der Waals surface area contributed by atoms with E-state index in [2.05, 4.69) is 9.82 Å². The molecule has 0 aliphatic carbocycles. The quantitative estimate of drug-likeness (QED) is 0.567. The lowest BCUT2D eigenvalue weighted by atomic mass is 10.3. The fourth-order valence-corrected chi connectivity index (χ4v) is 3.48. The number of nitrogens with one attached hydrogen (secondary N) is 1. The van der Waals surface area contributed by atoms with Gasteiger partial charge in [0.2, 0.25) is 10.0 Å². The molecule has 0 atom stereocenters. The third-order valence-corrected chi connectivity index (χ3v) is 5.04. The van der Waals surface area contributed by atoms with Crippen LogP contribution in [-0.4, -0.2) is 37.3 Å². The second-order valence-corrected chi connectivity index (χ2v) is 7.02. The van der Waals surface area contributed by atoms with Crippen molar-refractivity contribution in [2.45, 2.75) is 31.6 Å². The van der Waals surface area contributed by atoms with Crippen LogP contribution >= 0.6 is 0 Å². The van der Waals surface area contributed by atoms with E-state index in [-0.39, 0.29) is 29.6 Å². The van der Waals surface area contributed by atoms with Crippen LogP contribution in [0.5, 0.6) is 0 Å². The maximum absolute atomic E-state index is 13.0. The van der Waals surface area contributed by atoms with E-state index < -0.39 is 10.0 Å². The third kappa shape index (κ3) is 4.86. The van der Waals surface area contributed by atoms with Gasteiger partial charge in [-0.15, -0.1) is 0 Å². The molecule has 0 bridgehead atoms. The highest BCUT2D eigenvalue weighted by Gasteiger charge is 2.21. The monoisotopic (exact) mass is 369 g/mol. The van der Waals surface area contributed by atoms with Crippen LogP contribution in [0.15, 0.2) is 35.4 Å². The molecular formula is C16H20FN3O4S. The van der Waals surface area contributed by atoms with Crippen LogP contribution in [0.3, 0.4) is 0 Å². The van der Waals surface area contributed by atoms with Crippen molar-refractivity contribution >= 4 is 16.0 Å². The van der Waals surface area contributed by atoms with E-state index in [4.69, 9.17) is 4.74 Å². The highest BCUT2D eigenvalue weighted by atomic mass is 32.2. The van der Waals surface area contributed by atoms with Crippen LogP contribution in [0.25, 0.3) is 5.69 Å². The van der Waals surface area contributed by atoms with Crippen molar-refractivity contribution in [3.8, 4) is 5.69 Å². The number of ether oxygens (including phenoxy) is 1. The number of sulfonamides is 1. The largest absolute Gasteiger partial charge is 0.466 e. The second-order valence-electron chi connectivity index (χ2n) is 5.29. The van der Waals surface area contributed by atoms with Gasteiger partial charge in [0.15, 0.2) is 0 Å². The van der Waals surface area contributed by atoms with Crippen molar-refractivity contribution in [1.82, 2.24) is 14.5 Å². The Morgan fingerprint density at radius 3 is 2.64 bits per heavy atom. The van der Waals surface area contributed by atoms with E-state index >= 15 is 0 Å². The minimum atomic E-state index is -3.76. The molecule has 2 rings (SSSR count). The second kappa shape index (κ2) is 8.21. The van der Waals surface area contributed by atoms with E-state index in [9.17, 15) is 17.6 Å². The average molecular weight is 369 g/mol. The van der Waals surface area contributed by atoms with E-state index in [1.54, 1.807) is 13.8 Å². The van der Waals surface area contributed by atoms with Crippen molar-refractivity contribution in [3.63, 3.8) is 0 Å². The summed E-state index contributed by atoms with van der Waals surface area (Å²) in [7, 11) is -3.76. The van der Waals surface area contributed by atoms with Gasteiger partial charge in [-0.05, 0) is 44.5 Å². The van der Waals surface area contributed by atoms with Gasteiger partial charge in [0.05, 0.1) is 24.2 Å². The molecule has 0 amide bonds. The molecule has 0 aliphatic rings. The Bertz CT molecular complexity index is 832. The first-order valence-corrected chi connectivity index (χ1v) is 9.29. The number of benzene rings is 1. The van der Waals surface area contributed by atoms with Crippen LogP contribution in [-0.2, 0) is 19.6 Å². The van der Waals surface area contributed by atoms with Crippen LogP contribution in [0.4, 0.5) is 4.39 Å². The van der Waals surface area contributed by atoms with Crippen molar-refractivity contribution in [2.24, 2.45) is 0 Å². The first kappa shape index (κ1) is 19.1. The summed E-state index contributed by atoms with van der Waals surface area (Å²) in [6, 6.07) is 5.58. The number of halogens is 1. The summed E-state index contributed by atoms with van der Waals surface area (Å²) in [5.74, 6) is -0.744. The van der Waals surface area contributed by atoms with Gasteiger partial charge in [-0.1, -0.05) is 0 Å². The molecule has 2 aromatic rings. The first-order valence-electron chi connectivity index (χ1n) is 7.81. The molecule has 1 aromatic carbocycles. The van der Waals surface area contributed by atoms with Gasteiger partial charge in [0.25, 0.3) is 0 Å². The molecule has 0 radical (unpaired) electrons. The van der Waals surface area contributed by atoms with Gasteiger partial charge in [0.1, 0.15) is 10.7 Å². The molecule has 0 spiro atoms.